The number of nitrogens with zero attached hydrogens (tertiary/aromatic N) is 1. The average molecular weight is 187 g/mol. The van der Waals surface area contributed by atoms with Crippen molar-refractivity contribution in [3.63, 3.8) is 0 Å². The van der Waals surface area contributed by atoms with Crippen LogP contribution in [0, 0.1) is 5.41 Å². The summed E-state index contributed by atoms with van der Waals surface area (Å²) >= 11 is 0. The van der Waals surface area contributed by atoms with Crippen LogP contribution in [0.25, 0.3) is 0 Å². The molecule has 0 saturated carbocycles. The SMILES string of the molecule is CC(C)(C)CCCN1CCC(F)C1. The highest BCUT2D eigenvalue weighted by Gasteiger charge is 2.21. The van der Waals surface area contributed by atoms with Gasteiger partial charge in [0.2, 0.25) is 0 Å². The molecule has 0 N–H and O–H groups in total. The first-order valence-corrected chi connectivity index (χ1v) is 5.34. The van der Waals surface area contributed by atoms with Crippen molar-refractivity contribution in [3.05, 3.63) is 0 Å². The molecule has 1 atom stereocenters. The lowest BCUT2D eigenvalue weighted by Gasteiger charge is -2.20. The Balaban J connectivity index is 2.07. The standard InChI is InChI=1S/C11H22FN/c1-11(2,3)6-4-7-13-8-5-10(12)9-13/h10H,4-9H2,1-3H3. The van der Waals surface area contributed by atoms with E-state index in [1.165, 1.54) is 12.8 Å². The van der Waals surface area contributed by atoms with Crippen LogP contribution in [-0.2, 0) is 0 Å². The third-order valence-corrected chi connectivity index (χ3v) is 2.62. The lowest BCUT2D eigenvalue weighted by Crippen LogP contribution is -2.23. The summed E-state index contributed by atoms with van der Waals surface area (Å²) in [4.78, 5) is 2.25. The van der Waals surface area contributed by atoms with E-state index in [0.29, 0.717) is 12.0 Å². The summed E-state index contributed by atoms with van der Waals surface area (Å²) in [5, 5.41) is 0. The molecule has 0 spiro atoms. The summed E-state index contributed by atoms with van der Waals surface area (Å²) in [6.45, 7) is 9.49. The highest BCUT2D eigenvalue weighted by molar-refractivity contribution is 4.75. The Kier molecular flexibility index (Phi) is 3.72. The number of likely N-dealkylation sites (tertiary alicyclic amines) is 1. The fourth-order valence-electron chi connectivity index (χ4n) is 1.82. The van der Waals surface area contributed by atoms with E-state index in [1.54, 1.807) is 0 Å². The Morgan fingerprint density at radius 1 is 1.38 bits per heavy atom. The molecule has 1 heterocycles. The maximum absolute atomic E-state index is 12.8. The Labute approximate surface area is 81.3 Å². The first-order valence-electron chi connectivity index (χ1n) is 5.34. The van der Waals surface area contributed by atoms with Gasteiger partial charge in [-0.3, -0.25) is 0 Å². The summed E-state index contributed by atoms with van der Waals surface area (Å²) in [7, 11) is 0. The molecule has 2 heteroatoms. The van der Waals surface area contributed by atoms with E-state index in [4.69, 9.17) is 0 Å². The number of halogens is 1. The highest BCUT2D eigenvalue weighted by atomic mass is 19.1. The van der Waals surface area contributed by atoms with Gasteiger partial charge >= 0.3 is 0 Å². The van der Waals surface area contributed by atoms with Crippen LogP contribution in [-0.4, -0.2) is 30.7 Å². The van der Waals surface area contributed by atoms with Crippen molar-refractivity contribution < 1.29 is 4.39 Å². The fraction of sp³-hybridized carbons (Fsp3) is 1.00. The Bertz CT molecular complexity index is 151. The van der Waals surface area contributed by atoms with Crippen LogP contribution in [0.3, 0.4) is 0 Å². The van der Waals surface area contributed by atoms with E-state index in [9.17, 15) is 4.39 Å². The predicted octanol–water partition coefficient (Wildman–Crippen LogP) is 2.86. The van der Waals surface area contributed by atoms with Crippen LogP contribution < -0.4 is 0 Å². The van der Waals surface area contributed by atoms with Gasteiger partial charge in [-0.15, -0.1) is 0 Å². The normalized spacial score (nSPS) is 25.4. The maximum Gasteiger partial charge on any atom is 0.114 e. The molecule has 0 bridgehead atoms. The molecule has 0 aromatic carbocycles. The van der Waals surface area contributed by atoms with E-state index in [1.807, 2.05) is 0 Å². The van der Waals surface area contributed by atoms with Gasteiger partial charge in [0.1, 0.15) is 6.17 Å². The van der Waals surface area contributed by atoms with Crippen molar-refractivity contribution in [3.8, 4) is 0 Å². The molecule has 1 saturated heterocycles. The van der Waals surface area contributed by atoms with Crippen molar-refractivity contribution in [2.24, 2.45) is 5.41 Å². The predicted molar refractivity (Wildman–Crippen MR) is 54.6 cm³/mol. The number of alkyl halides is 1. The fourth-order valence-corrected chi connectivity index (χ4v) is 1.82. The first-order chi connectivity index (χ1) is 5.97. The molecule has 1 aliphatic heterocycles. The molecule has 0 amide bonds. The molecule has 1 rings (SSSR count). The summed E-state index contributed by atoms with van der Waals surface area (Å²) in [5.74, 6) is 0. The third-order valence-electron chi connectivity index (χ3n) is 2.62. The molecule has 0 aromatic heterocycles. The Morgan fingerprint density at radius 2 is 2.08 bits per heavy atom. The lowest BCUT2D eigenvalue weighted by molar-refractivity contribution is 0.264. The van der Waals surface area contributed by atoms with Gasteiger partial charge in [-0.05, 0) is 31.2 Å². The quantitative estimate of drug-likeness (QED) is 0.656. The topological polar surface area (TPSA) is 3.24 Å². The van der Waals surface area contributed by atoms with Crippen molar-refractivity contribution >= 4 is 0 Å². The van der Waals surface area contributed by atoms with Gasteiger partial charge in [0.05, 0.1) is 0 Å². The van der Waals surface area contributed by atoms with Gasteiger partial charge in [-0.2, -0.15) is 0 Å². The maximum atomic E-state index is 12.8. The largest absolute Gasteiger partial charge is 0.300 e. The highest BCUT2D eigenvalue weighted by Crippen LogP contribution is 2.21. The van der Waals surface area contributed by atoms with Crippen LogP contribution in [0.2, 0.25) is 0 Å². The van der Waals surface area contributed by atoms with Crippen molar-refractivity contribution in [2.75, 3.05) is 19.6 Å². The van der Waals surface area contributed by atoms with E-state index < -0.39 is 6.17 Å². The van der Waals surface area contributed by atoms with Crippen LogP contribution >= 0.6 is 0 Å². The molecule has 0 aromatic rings. The zero-order valence-electron chi connectivity index (χ0n) is 9.15. The van der Waals surface area contributed by atoms with Crippen LogP contribution in [0.5, 0.6) is 0 Å². The van der Waals surface area contributed by atoms with Gasteiger partial charge in [0, 0.05) is 13.1 Å². The second-order valence-electron chi connectivity index (χ2n) is 5.35. The average Bonchev–Trinajstić information content (AvgIpc) is 2.33. The lowest BCUT2D eigenvalue weighted by atomic mass is 9.90. The van der Waals surface area contributed by atoms with Gasteiger partial charge in [0.15, 0.2) is 0 Å². The summed E-state index contributed by atoms with van der Waals surface area (Å²) in [6, 6.07) is 0. The minimum Gasteiger partial charge on any atom is -0.300 e. The van der Waals surface area contributed by atoms with Crippen LogP contribution in [0.4, 0.5) is 4.39 Å². The minimum absolute atomic E-state index is 0.425. The molecule has 1 aliphatic rings. The van der Waals surface area contributed by atoms with Crippen molar-refractivity contribution in [1.82, 2.24) is 4.90 Å². The van der Waals surface area contributed by atoms with E-state index >= 15 is 0 Å². The van der Waals surface area contributed by atoms with Crippen LogP contribution in [0.15, 0.2) is 0 Å². The smallest absolute Gasteiger partial charge is 0.114 e. The molecule has 1 unspecified atom stereocenters. The number of hydrogen-bond acceptors (Lipinski definition) is 1. The molecule has 13 heavy (non-hydrogen) atoms. The molecular weight excluding hydrogens is 165 g/mol. The van der Waals surface area contributed by atoms with Crippen molar-refractivity contribution in [1.29, 1.82) is 0 Å². The molecule has 0 aliphatic carbocycles. The zero-order valence-corrected chi connectivity index (χ0v) is 9.15. The van der Waals surface area contributed by atoms with Crippen molar-refractivity contribution in [2.45, 2.75) is 46.2 Å². The zero-order chi connectivity index (χ0) is 9.90. The van der Waals surface area contributed by atoms with Gasteiger partial charge in [-0.1, -0.05) is 20.8 Å². The number of rotatable bonds is 3. The molecule has 1 fully saturated rings. The molecule has 1 nitrogen and oxygen atoms in total. The molecule has 0 radical (unpaired) electrons. The molecular formula is C11H22FN. The second kappa shape index (κ2) is 4.41. The third kappa shape index (κ3) is 4.61. The number of hydrogen-bond donors (Lipinski definition) is 0. The Hall–Kier alpha value is -0.110. The monoisotopic (exact) mass is 187 g/mol. The van der Waals surface area contributed by atoms with Gasteiger partial charge in [-0.25, -0.2) is 4.39 Å². The summed E-state index contributed by atoms with van der Waals surface area (Å²) in [6.07, 6.45) is 2.63. The Morgan fingerprint density at radius 3 is 2.54 bits per heavy atom. The van der Waals surface area contributed by atoms with Gasteiger partial charge < -0.3 is 4.90 Å². The second-order valence-corrected chi connectivity index (χ2v) is 5.35. The van der Waals surface area contributed by atoms with E-state index in [0.717, 1.165) is 19.5 Å². The van der Waals surface area contributed by atoms with E-state index in [-0.39, 0.29) is 0 Å². The van der Waals surface area contributed by atoms with Gasteiger partial charge in [0.25, 0.3) is 0 Å². The van der Waals surface area contributed by atoms with E-state index in [2.05, 4.69) is 25.7 Å². The van der Waals surface area contributed by atoms with Crippen LogP contribution in [0.1, 0.15) is 40.0 Å². The molecule has 78 valence electrons. The summed E-state index contributed by atoms with van der Waals surface area (Å²) < 4.78 is 12.8. The first kappa shape index (κ1) is 11.0. The minimum atomic E-state index is -0.561. The summed E-state index contributed by atoms with van der Waals surface area (Å²) in [5.41, 5.74) is 0.425.